The fourth-order valence-corrected chi connectivity index (χ4v) is 1.89. The van der Waals surface area contributed by atoms with E-state index in [1.807, 2.05) is 19.1 Å². The fourth-order valence-electron chi connectivity index (χ4n) is 1.89. The highest BCUT2D eigenvalue weighted by Crippen LogP contribution is 2.24. The summed E-state index contributed by atoms with van der Waals surface area (Å²) >= 11 is 0. The van der Waals surface area contributed by atoms with Gasteiger partial charge >= 0.3 is 0 Å². The summed E-state index contributed by atoms with van der Waals surface area (Å²) < 4.78 is 5.30. The van der Waals surface area contributed by atoms with Crippen LogP contribution in [0.15, 0.2) is 12.1 Å². The van der Waals surface area contributed by atoms with Gasteiger partial charge in [-0.3, -0.25) is 4.79 Å². The molecule has 80 valence electrons. The first-order chi connectivity index (χ1) is 7.22. The van der Waals surface area contributed by atoms with Gasteiger partial charge in [-0.05, 0) is 29.7 Å². The van der Waals surface area contributed by atoms with E-state index in [0.29, 0.717) is 18.8 Å². The number of carbonyl (C=O) groups excluding carboxylic acids is 1. The summed E-state index contributed by atoms with van der Waals surface area (Å²) in [6.45, 7) is 3.06. The van der Waals surface area contributed by atoms with Gasteiger partial charge in [-0.2, -0.15) is 0 Å². The maximum Gasteiger partial charge on any atom is 0.165 e. The third kappa shape index (κ3) is 1.94. The van der Waals surface area contributed by atoms with Crippen molar-refractivity contribution in [3.05, 3.63) is 34.4 Å². The highest BCUT2D eigenvalue weighted by atomic mass is 16.5. The summed E-state index contributed by atoms with van der Waals surface area (Å²) in [4.78, 5) is 11.7. The van der Waals surface area contributed by atoms with E-state index < -0.39 is 0 Å². The Balaban J connectivity index is 2.36. The van der Waals surface area contributed by atoms with Gasteiger partial charge in [0.2, 0.25) is 0 Å². The number of rotatable bonds is 3. The number of aliphatic hydroxyl groups excluding tert-OH is 1. The van der Waals surface area contributed by atoms with Gasteiger partial charge in [0, 0.05) is 12.0 Å². The molecule has 0 aromatic heterocycles. The Labute approximate surface area is 88.7 Å². The maximum absolute atomic E-state index is 11.7. The monoisotopic (exact) mass is 206 g/mol. The molecule has 3 nitrogen and oxygen atoms in total. The Morgan fingerprint density at radius 1 is 1.40 bits per heavy atom. The highest BCUT2D eigenvalue weighted by Gasteiger charge is 2.16. The molecule has 15 heavy (non-hydrogen) atoms. The van der Waals surface area contributed by atoms with E-state index in [1.165, 1.54) is 5.56 Å². The molecule has 2 rings (SSSR count). The summed E-state index contributed by atoms with van der Waals surface area (Å²) in [5.74, 6) is 0.00435. The van der Waals surface area contributed by atoms with Crippen LogP contribution in [0.3, 0.4) is 0 Å². The van der Waals surface area contributed by atoms with E-state index in [2.05, 4.69) is 0 Å². The van der Waals surface area contributed by atoms with E-state index in [0.717, 1.165) is 11.1 Å². The van der Waals surface area contributed by atoms with Gasteiger partial charge in [-0.25, -0.2) is 0 Å². The molecule has 0 saturated carbocycles. The van der Waals surface area contributed by atoms with Crippen LogP contribution in [-0.2, 0) is 18.0 Å². The van der Waals surface area contributed by atoms with Gasteiger partial charge < -0.3 is 9.84 Å². The highest BCUT2D eigenvalue weighted by molar-refractivity contribution is 5.97. The number of carbonyl (C=O) groups is 1. The van der Waals surface area contributed by atoms with Gasteiger partial charge in [0.15, 0.2) is 5.78 Å². The summed E-state index contributed by atoms with van der Waals surface area (Å²) in [7, 11) is 0. The number of Topliss-reactive ketones (excluding diaryl/α,β-unsaturated/α-hetero) is 1. The number of ketones is 1. The number of ether oxygens (including phenoxy) is 1. The minimum Gasteiger partial charge on any atom is -0.396 e. The van der Waals surface area contributed by atoms with Crippen molar-refractivity contribution in [3.8, 4) is 0 Å². The first kappa shape index (κ1) is 10.3. The Morgan fingerprint density at radius 3 is 2.73 bits per heavy atom. The molecule has 0 radical (unpaired) electrons. The molecular formula is C12H14O3. The van der Waals surface area contributed by atoms with Gasteiger partial charge in [-0.1, -0.05) is 6.07 Å². The van der Waals surface area contributed by atoms with Crippen molar-refractivity contribution in [3.63, 3.8) is 0 Å². The summed E-state index contributed by atoms with van der Waals surface area (Å²) in [6, 6.07) is 3.91. The molecule has 0 fully saturated rings. The van der Waals surface area contributed by atoms with Crippen LogP contribution in [0.5, 0.6) is 0 Å². The lowest BCUT2D eigenvalue weighted by Gasteiger charge is -2.06. The van der Waals surface area contributed by atoms with Crippen LogP contribution >= 0.6 is 0 Å². The molecule has 1 aromatic carbocycles. The smallest absolute Gasteiger partial charge is 0.165 e. The third-order valence-corrected chi connectivity index (χ3v) is 2.70. The molecule has 1 N–H and O–H groups in total. The lowest BCUT2D eigenvalue weighted by molar-refractivity contribution is 0.0956. The van der Waals surface area contributed by atoms with Crippen molar-refractivity contribution >= 4 is 5.78 Å². The molecule has 0 atom stereocenters. The Bertz CT molecular complexity index is 396. The van der Waals surface area contributed by atoms with E-state index >= 15 is 0 Å². The standard InChI is InChI=1S/C12H14O3/c1-8-4-9-6-15-7-10(9)5-11(8)12(14)2-3-13/h4-5,13H,2-3,6-7H2,1H3. The molecule has 1 heterocycles. The predicted molar refractivity (Wildman–Crippen MR) is 55.7 cm³/mol. The second-order valence-electron chi connectivity index (χ2n) is 3.83. The zero-order valence-corrected chi connectivity index (χ0v) is 8.75. The largest absolute Gasteiger partial charge is 0.396 e. The van der Waals surface area contributed by atoms with Crippen LogP contribution < -0.4 is 0 Å². The lowest BCUT2D eigenvalue weighted by Crippen LogP contribution is -2.05. The van der Waals surface area contributed by atoms with Crippen molar-refractivity contribution in [2.75, 3.05) is 6.61 Å². The van der Waals surface area contributed by atoms with Crippen LogP contribution in [0.1, 0.15) is 33.5 Å². The Morgan fingerprint density at radius 2 is 2.07 bits per heavy atom. The predicted octanol–water partition coefficient (Wildman–Crippen LogP) is 1.59. The molecule has 1 aliphatic rings. The summed E-state index contributed by atoms with van der Waals surface area (Å²) in [5, 5.41) is 8.74. The summed E-state index contributed by atoms with van der Waals surface area (Å²) in [5.41, 5.74) is 3.96. The van der Waals surface area contributed by atoms with Crippen LogP contribution in [0.4, 0.5) is 0 Å². The first-order valence-corrected chi connectivity index (χ1v) is 5.06. The zero-order valence-electron chi connectivity index (χ0n) is 8.75. The molecular weight excluding hydrogens is 192 g/mol. The van der Waals surface area contributed by atoms with E-state index in [-0.39, 0.29) is 18.8 Å². The van der Waals surface area contributed by atoms with E-state index in [4.69, 9.17) is 9.84 Å². The summed E-state index contributed by atoms with van der Waals surface area (Å²) in [6.07, 6.45) is 0.195. The SMILES string of the molecule is Cc1cc2c(cc1C(=O)CCO)COC2. The number of aryl methyl sites for hydroxylation is 1. The minimum absolute atomic E-state index is 0.00435. The Kier molecular flexibility index (Phi) is 2.84. The van der Waals surface area contributed by atoms with E-state index in [9.17, 15) is 4.79 Å². The number of hydrogen-bond donors (Lipinski definition) is 1. The fraction of sp³-hybridized carbons (Fsp3) is 0.417. The maximum atomic E-state index is 11.7. The molecule has 0 saturated heterocycles. The van der Waals surface area contributed by atoms with Crippen molar-refractivity contribution in [1.82, 2.24) is 0 Å². The average Bonchev–Trinajstić information content (AvgIpc) is 2.63. The third-order valence-electron chi connectivity index (χ3n) is 2.70. The van der Waals surface area contributed by atoms with Crippen LogP contribution in [0.25, 0.3) is 0 Å². The van der Waals surface area contributed by atoms with Gasteiger partial charge in [0.05, 0.1) is 19.8 Å². The zero-order chi connectivity index (χ0) is 10.8. The molecule has 0 unspecified atom stereocenters. The van der Waals surface area contributed by atoms with E-state index in [1.54, 1.807) is 0 Å². The molecule has 0 aliphatic carbocycles. The second kappa shape index (κ2) is 4.13. The first-order valence-electron chi connectivity index (χ1n) is 5.06. The van der Waals surface area contributed by atoms with Crippen LogP contribution in [-0.4, -0.2) is 17.5 Å². The van der Waals surface area contributed by atoms with Gasteiger partial charge in [0.1, 0.15) is 0 Å². The number of hydrogen-bond acceptors (Lipinski definition) is 3. The van der Waals surface area contributed by atoms with Crippen molar-refractivity contribution < 1.29 is 14.6 Å². The van der Waals surface area contributed by atoms with Gasteiger partial charge in [-0.15, -0.1) is 0 Å². The average molecular weight is 206 g/mol. The van der Waals surface area contributed by atoms with Crippen molar-refractivity contribution in [2.24, 2.45) is 0 Å². The van der Waals surface area contributed by atoms with Crippen molar-refractivity contribution in [2.45, 2.75) is 26.6 Å². The number of benzene rings is 1. The molecule has 1 aromatic rings. The van der Waals surface area contributed by atoms with Gasteiger partial charge in [0.25, 0.3) is 0 Å². The minimum atomic E-state index is -0.0914. The quantitative estimate of drug-likeness (QED) is 0.764. The van der Waals surface area contributed by atoms with Crippen LogP contribution in [0.2, 0.25) is 0 Å². The number of aliphatic hydroxyl groups is 1. The topological polar surface area (TPSA) is 46.5 Å². The number of fused-ring (bicyclic) bond motifs is 1. The molecule has 1 aliphatic heterocycles. The molecule has 3 heteroatoms. The second-order valence-corrected chi connectivity index (χ2v) is 3.83. The normalized spacial score (nSPS) is 14.0. The van der Waals surface area contributed by atoms with Crippen molar-refractivity contribution in [1.29, 1.82) is 0 Å². The molecule has 0 amide bonds. The molecule has 0 bridgehead atoms. The van der Waals surface area contributed by atoms with Crippen LogP contribution in [0, 0.1) is 6.92 Å². The lowest BCUT2D eigenvalue weighted by atomic mass is 9.97. The molecule has 0 spiro atoms. The Hall–Kier alpha value is -1.19.